The van der Waals surface area contributed by atoms with Crippen LogP contribution in [0.15, 0.2) is 48.5 Å². The van der Waals surface area contributed by atoms with Crippen molar-refractivity contribution >= 4 is 11.8 Å². The van der Waals surface area contributed by atoms with Crippen LogP contribution < -0.4 is 4.74 Å². The second kappa shape index (κ2) is 9.30. The molecule has 0 saturated carbocycles. The van der Waals surface area contributed by atoms with E-state index in [-0.39, 0.29) is 17.9 Å². The van der Waals surface area contributed by atoms with Crippen molar-refractivity contribution in [3.05, 3.63) is 65.2 Å². The van der Waals surface area contributed by atoms with Crippen LogP contribution in [0.2, 0.25) is 0 Å². The van der Waals surface area contributed by atoms with Gasteiger partial charge in [0.25, 0.3) is 11.8 Å². The summed E-state index contributed by atoms with van der Waals surface area (Å²) in [6, 6.07) is 15.5. The second-order valence-electron chi connectivity index (χ2n) is 7.92. The Morgan fingerprint density at radius 2 is 1.80 bits per heavy atom. The molecule has 2 aliphatic rings. The van der Waals surface area contributed by atoms with E-state index in [1.54, 1.807) is 11.0 Å². The van der Waals surface area contributed by atoms with Crippen LogP contribution in [0.25, 0.3) is 0 Å². The summed E-state index contributed by atoms with van der Waals surface area (Å²) in [4.78, 5) is 29.1. The average molecular weight is 408 g/mol. The average Bonchev–Trinajstić information content (AvgIpc) is 3.32. The Kier molecular flexibility index (Phi) is 6.33. The minimum Gasteiger partial charge on any atom is -0.489 e. The Hall–Kier alpha value is -2.86. The maximum Gasteiger partial charge on any atom is 0.254 e. The molecule has 0 radical (unpaired) electrons. The van der Waals surface area contributed by atoms with Gasteiger partial charge in [0, 0.05) is 38.3 Å². The molecule has 2 aromatic carbocycles. The summed E-state index contributed by atoms with van der Waals surface area (Å²) in [6.45, 7) is 5.34. The number of carbonyl (C=O) groups excluding carboxylic acids is 2. The summed E-state index contributed by atoms with van der Waals surface area (Å²) >= 11 is 0. The van der Waals surface area contributed by atoms with E-state index in [1.165, 1.54) is 5.56 Å². The molecule has 0 aromatic heterocycles. The van der Waals surface area contributed by atoms with Crippen molar-refractivity contribution < 1.29 is 19.1 Å². The van der Waals surface area contributed by atoms with Crippen LogP contribution in [0, 0.1) is 6.92 Å². The fourth-order valence-electron chi connectivity index (χ4n) is 3.98. The lowest BCUT2D eigenvalue weighted by atomic mass is 10.1. The molecule has 6 heteroatoms. The van der Waals surface area contributed by atoms with Crippen LogP contribution >= 0.6 is 0 Å². The van der Waals surface area contributed by atoms with Gasteiger partial charge < -0.3 is 19.3 Å². The first-order valence-electron chi connectivity index (χ1n) is 10.6. The van der Waals surface area contributed by atoms with Gasteiger partial charge in [-0.3, -0.25) is 9.59 Å². The monoisotopic (exact) mass is 408 g/mol. The number of ether oxygens (including phenoxy) is 2. The van der Waals surface area contributed by atoms with Crippen LogP contribution in [0.4, 0.5) is 0 Å². The zero-order valence-corrected chi connectivity index (χ0v) is 17.4. The standard InChI is InChI=1S/C24H28N2O4/c1-18-5-2-6-19(15-18)17-30-21-8-3-7-20(16-21)23(27)25-10-12-26(13-11-25)24(28)22-9-4-14-29-22/h2-3,5-8,15-16,22H,4,9-14,17H2,1H3. The maximum absolute atomic E-state index is 12.9. The minimum absolute atomic E-state index is 0.0276. The number of piperazine rings is 1. The van der Waals surface area contributed by atoms with Gasteiger partial charge in [-0.15, -0.1) is 0 Å². The molecule has 2 amide bonds. The Balaban J connectivity index is 1.32. The van der Waals surface area contributed by atoms with Gasteiger partial charge in [0.05, 0.1) is 0 Å². The third kappa shape index (κ3) is 4.82. The van der Waals surface area contributed by atoms with E-state index in [9.17, 15) is 9.59 Å². The summed E-state index contributed by atoms with van der Waals surface area (Å²) < 4.78 is 11.4. The zero-order valence-electron chi connectivity index (χ0n) is 17.4. The molecule has 2 aromatic rings. The van der Waals surface area contributed by atoms with E-state index >= 15 is 0 Å². The van der Waals surface area contributed by atoms with Gasteiger partial charge in [-0.25, -0.2) is 0 Å². The molecule has 1 atom stereocenters. The molecule has 2 heterocycles. The quantitative estimate of drug-likeness (QED) is 0.763. The van der Waals surface area contributed by atoms with E-state index < -0.39 is 0 Å². The Labute approximate surface area is 177 Å². The van der Waals surface area contributed by atoms with Crippen molar-refractivity contribution in [2.75, 3.05) is 32.8 Å². The van der Waals surface area contributed by atoms with E-state index in [0.29, 0.717) is 50.7 Å². The van der Waals surface area contributed by atoms with Crippen LogP contribution in [-0.4, -0.2) is 60.5 Å². The summed E-state index contributed by atoms with van der Waals surface area (Å²) in [7, 11) is 0. The van der Waals surface area contributed by atoms with Crippen molar-refractivity contribution in [1.82, 2.24) is 9.80 Å². The lowest BCUT2D eigenvalue weighted by molar-refractivity contribution is -0.142. The van der Waals surface area contributed by atoms with Crippen LogP contribution in [-0.2, 0) is 16.1 Å². The van der Waals surface area contributed by atoms with Gasteiger partial charge in [-0.1, -0.05) is 35.9 Å². The van der Waals surface area contributed by atoms with Crippen LogP contribution in [0.5, 0.6) is 5.75 Å². The molecular formula is C24H28N2O4. The van der Waals surface area contributed by atoms with E-state index in [4.69, 9.17) is 9.47 Å². The first-order valence-corrected chi connectivity index (χ1v) is 10.6. The Morgan fingerprint density at radius 3 is 2.53 bits per heavy atom. The summed E-state index contributed by atoms with van der Waals surface area (Å²) in [5, 5.41) is 0. The van der Waals surface area contributed by atoms with Crippen molar-refractivity contribution in [3.8, 4) is 5.75 Å². The summed E-state index contributed by atoms with van der Waals surface area (Å²) in [5.74, 6) is 0.709. The normalized spacial score (nSPS) is 19.0. The summed E-state index contributed by atoms with van der Waals surface area (Å²) in [5.41, 5.74) is 2.89. The van der Waals surface area contributed by atoms with Gasteiger partial charge in [-0.05, 0) is 43.5 Å². The van der Waals surface area contributed by atoms with E-state index in [2.05, 4.69) is 19.1 Å². The number of nitrogens with zero attached hydrogens (tertiary/aromatic N) is 2. The van der Waals surface area contributed by atoms with Crippen molar-refractivity contribution in [1.29, 1.82) is 0 Å². The molecule has 30 heavy (non-hydrogen) atoms. The van der Waals surface area contributed by atoms with Gasteiger partial charge in [0.15, 0.2) is 0 Å². The number of hydrogen-bond acceptors (Lipinski definition) is 4. The highest BCUT2D eigenvalue weighted by Gasteiger charge is 2.31. The SMILES string of the molecule is Cc1cccc(COc2cccc(C(=O)N3CCN(C(=O)C4CCCO4)CC3)c2)c1. The highest BCUT2D eigenvalue weighted by molar-refractivity contribution is 5.94. The Bertz CT molecular complexity index is 900. The lowest BCUT2D eigenvalue weighted by Gasteiger charge is -2.35. The molecule has 6 nitrogen and oxygen atoms in total. The molecule has 158 valence electrons. The minimum atomic E-state index is -0.297. The van der Waals surface area contributed by atoms with Crippen LogP contribution in [0.1, 0.15) is 34.3 Å². The molecular weight excluding hydrogens is 380 g/mol. The predicted molar refractivity (Wildman–Crippen MR) is 113 cm³/mol. The maximum atomic E-state index is 12.9. The third-order valence-corrected chi connectivity index (χ3v) is 5.65. The van der Waals surface area contributed by atoms with Gasteiger partial charge in [-0.2, -0.15) is 0 Å². The molecule has 4 rings (SSSR count). The smallest absolute Gasteiger partial charge is 0.254 e. The molecule has 0 N–H and O–H groups in total. The molecule has 1 unspecified atom stereocenters. The number of hydrogen-bond donors (Lipinski definition) is 0. The molecule has 2 saturated heterocycles. The molecule has 2 aliphatic heterocycles. The number of carbonyl (C=O) groups is 2. The van der Waals surface area contributed by atoms with Gasteiger partial charge in [0.1, 0.15) is 18.5 Å². The fourth-order valence-corrected chi connectivity index (χ4v) is 3.98. The zero-order chi connectivity index (χ0) is 20.9. The van der Waals surface area contributed by atoms with E-state index in [1.807, 2.05) is 35.2 Å². The topological polar surface area (TPSA) is 59.1 Å². The van der Waals surface area contributed by atoms with Gasteiger partial charge >= 0.3 is 0 Å². The van der Waals surface area contributed by atoms with Crippen LogP contribution in [0.3, 0.4) is 0 Å². The van der Waals surface area contributed by atoms with Crippen molar-refractivity contribution in [2.45, 2.75) is 32.5 Å². The third-order valence-electron chi connectivity index (χ3n) is 5.65. The first-order chi connectivity index (χ1) is 14.6. The highest BCUT2D eigenvalue weighted by atomic mass is 16.5. The number of amides is 2. The number of aryl methyl sites for hydroxylation is 1. The molecule has 0 aliphatic carbocycles. The highest BCUT2D eigenvalue weighted by Crippen LogP contribution is 2.19. The number of rotatable bonds is 5. The lowest BCUT2D eigenvalue weighted by Crippen LogP contribution is -2.52. The second-order valence-corrected chi connectivity index (χ2v) is 7.92. The van der Waals surface area contributed by atoms with Crippen molar-refractivity contribution in [3.63, 3.8) is 0 Å². The van der Waals surface area contributed by atoms with Crippen molar-refractivity contribution in [2.24, 2.45) is 0 Å². The Morgan fingerprint density at radius 1 is 1.03 bits per heavy atom. The first kappa shape index (κ1) is 20.4. The largest absolute Gasteiger partial charge is 0.489 e. The molecule has 2 fully saturated rings. The molecule has 0 bridgehead atoms. The molecule has 0 spiro atoms. The fraction of sp³-hybridized carbons (Fsp3) is 0.417. The van der Waals surface area contributed by atoms with E-state index in [0.717, 1.165) is 18.4 Å². The summed E-state index contributed by atoms with van der Waals surface area (Å²) in [6.07, 6.45) is 1.44. The number of benzene rings is 2. The van der Waals surface area contributed by atoms with Gasteiger partial charge in [0.2, 0.25) is 0 Å². The predicted octanol–water partition coefficient (Wildman–Crippen LogP) is 3.04.